The van der Waals surface area contributed by atoms with E-state index in [1.165, 1.54) is 10.9 Å². The van der Waals surface area contributed by atoms with Gasteiger partial charge in [-0.1, -0.05) is 29.8 Å². The van der Waals surface area contributed by atoms with Gasteiger partial charge in [0.15, 0.2) is 9.84 Å². The molecule has 7 nitrogen and oxygen atoms in total. The molecule has 1 amide bonds. The second-order valence-corrected chi connectivity index (χ2v) is 8.89. The summed E-state index contributed by atoms with van der Waals surface area (Å²) < 4.78 is 24.9. The first-order valence-electron chi connectivity index (χ1n) is 8.12. The Hall–Kier alpha value is -2.19. The maximum Gasteiger partial charge on any atom is 0.271 e. The average molecular weight is 395 g/mol. The van der Waals surface area contributed by atoms with Gasteiger partial charge in [-0.05, 0) is 31.9 Å². The fraction of sp³-hybridized carbons (Fsp3) is 0.353. The van der Waals surface area contributed by atoms with Crippen molar-refractivity contribution in [1.29, 1.82) is 0 Å². The van der Waals surface area contributed by atoms with Crippen molar-refractivity contribution in [3.63, 3.8) is 0 Å². The SMILES string of the molecule is Cc1ccccc1C(=O)N/N=C\c1c(C)nn([C@@H]2CCS(=O)(=O)C2)c1Cl. The van der Waals surface area contributed by atoms with Crippen molar-refractivity contribution < 1.29 is 13.2 Å². The van der Waals surface area contributed by atoms with Crippen molar-refractivity contribution in [2.24, 2.45) is 5.10 Å². The summed E-state index contributed by atoms with van der Waals surface area (Å²) in [6.07, 6.45) is 1.92. The van der Waals surface area contributed by atoms with Crippen molar-refractivity contribution in [3.05, 3.63) is 51.8 Å². The number of nitrogens with one attached hydrogen (secondary N) is 1. The van der Waals surface area contributed by atoms with E-state index < -0.39 is 9.84 Å². The number of nitrogens with zero attached hydrogens (tertiary/aromatic N) is 3. The zero-order chi connectivity index (χ0) is 18.9. The molecular formula is C17H19ClN4O3S. The van der Waals surface area contributed by atoms with E-state index >= 15 is 0 Å². The van der Waals surface area contributed by atoms with Gasteiger partial charge in [0, 0.05) is 5.56 Å². The summed E-state index contributed by atoms with van der Waals surface area (Å²) in [5, 5.41) is 8.63. The highest BCUT2D eigenvalue weighted by molar-refractivity contribution is 7.91. The monoisotopic (exact) mass is 394 g/mol. The number of halogens is 1. The van der Waals surface area contributed by atoms with Crippen molar-refractivity contribution in [2.75, 3.05) is 11.5 Å². The lowest BCUT2D eigenvalue weighted by atomic mass is 10.1. The third-order valence-electron chi connectivity index (χ3n) is 4.37. The van der Waals surface area contributed by atoms with Crippen molar-refractivity contribution in [1.82, 2.24) is 15.2 Å². The van der Waals surface area contributed by atoms with E-state index in [9.17, 15) is 13.2 Å². The van der Waals surface area contributed by atoms with Crippen LogP contribution in [0.2, 0.25) is 5.15 Å². The Labute approximate surface area is 157 Å². The minimum absolute atomic E-state index is 0.0362. The molecule has 26 heavy (non-hydrogen) atoms. The molecule has 2 aromatic rings. The maximum absolute atomic E-state index is 12.2. The molecule has 138 valence electrons. The molecule has 0 spiro atoms. The third kappa shape index (κ3) is 3.81. The summed E-state index contributed by atoms with van der Waals surface area (Å²) >= 11 is 6.36. The summed E-state index contributed by atoms with van der Waals surface area (Å²) in [4.78, 5) is 12.2. The van der Waals surface area contributed by atoms with Gasteiger partial charge >= 0.3 is 0 Å². The summed E-state index contributed by atoms with van der Waals surface area (Å²) in [5.74, 6) is -0.139. The smallest absolute Gasteiger partial charge is 0.267 e. The normalized spacial score (nSPS) is 19.1. The van der Waals surface area contributed by atoms with Crippen LogP contribution in [0.15, 0.2) is 29.4 Å². The second kappa shape index (κ2) is 7.20. The molecule has 1 aromatic heterocycles. The van der Waals surface area contributed by atoms with Gasteiger partial charge in [0.25, 0.3) is 5.91 Å². The van der Waals surface area contributed by atoms with E-state index in [4.69, 9.17) is 11.6 Å². The van der Waals surface area contributed by atoms with Crippen LogP contribution in [0.3, 0.4) is 0 Å². The number of hydrogen-bond donors (Lipinski definition) is 1. The molecule has 9 heteroatoms. The minimum Gasteiger partial charge on any atom is -0.267 e. The Bertz CT molecular complexity index is 982. The van der Waals surface area contributed by atoms with Crippen LogP contribution in [0.25, 0.3) is 0 Å². The summed E-state index contributed by atoms with van der Waals surface area (Å²) in [5.41, 5.74) is 5.04. The van der Waals surface area contributed by atoms with Gasteiger partial charge in [0.1, 0.15) is 5.15 Å². The number of carbonyl (C=O) groups excluding carboxylic acids is 1. The molecular weight excluding hydrogens is 376 g/mol. The zero-order valence-electron chi connectivity index (χ0n) is 14.4. The van der Waals surface area contributed by atoms with E-state index in [-0.39, 0.29) is 23.5 Å². The highest BCUT2D eigenvalue weighted by Gasteiger charge is 2.31. The standard InChI is InChI=1S/C17H19ClN4O3S/c1-11-5-3-4-6-14(11)17(23)20-19-9-15-12(2)21-22(16(15)18)13-7-8-26(24,25)10-13/h3-6,9,13H,7-8,10H2,1-2H3,(H,20,23)/b19-9-/t13-/m1/s1. The molecule has 1 aliphatic rings. The van der Waals surface area contributed by atoms with Crippen LogP contribution in [0.1, 0.15) is 39.6 Å². The minimum atomic E-state index is -3.04. The first kappa shape index (κ1) is 18.6. The summed E-state index contributed by atoms with van der Waals surface area (Å²) in [6.45, 7) is 3.61. The number of aryl methyl sites for hydroxylation is 2. The molecule has 0 radical (unpaired) electrons. The van der Waals surface area contributed by atoms with E-state index in [0.717, 1.165) is 5.56 Å². The summed E-state index contributed by atoms with van der Waals surface area (Å²) in [6, 6.07) is 6.94. The van der Waals surface area contributed by atoms with Gasteiger partial charge < -0.3 is 0 Å². The van der Waals surface area contributed by atoms with Gasteiger partial charge in [-0.3, -0.25) is 4.79 Å². The molecule has 0 bridgehead atoms. The quantitative estimate of drug-likeness (QED) is 0.635. The number of hydrazone groups is 1. The van der Waals surface area contributed by atoms with Crippen LogP contribution < -0.4 is 5.43 Å². The lowest BCUT2D eigenvalue weighted by Crippen LogP contribution is -2.18. The van der Waals surface area contributed by atoms with E-state index in [0.29, 0.717) is 28.4 Å². The third-order valence-corrected chi connectivity index (χ3v) is 6.50. The number of amides is 1. The Morgan fingerprint density at radius 2 is 2.12 bits per heavy atom. The first-order valence-corrected chi connectivity index (χ1v) is 10.3. The lowest BCUT2D eigenvalue weighted by molar-refractivity contribution is 0.0954. The molecule has 1 N–H and O–H groups in total. The van der Waals surface area contributed by atoms with Gasteiger partial charge in [-0.15, -0.1) is 0 Å². The average Bonchev–Trinajstić information content (AvgIpc) is 3.08. The molecule has 1 saturated heterocycles. The predicted octanol–water partition coefficient (Wildman–Crippen LogP) is 2.28. The molecule has 1 aromatic carbocycles. The summed E-state index contributed by atoms with van der Waals surface area (Å²) in [7, 11) is -3.04. The van der Waals surface area contributed by atoms with Crippen molar-refractivity contribution in [2.45, 2.75) is 26.3 Å². The van der Waals surface area contributed by atoms with Gasteiger partial charge in [0.05, 0.1) is 35.0 Å². The van der Waals surface area contributed by atoms with Crippen LogP contribution in [-0.2, 0) is 9.84 Å². The molecule has 0 saturated carbocycles. The van der Waals surface area contributed by atoms with E-state index in [1.54, 1.807) is 19.1 Å². The highest BCUT2D eigenvalue weighted by atomic mass is 35.5. The van der Waals surface area contributed by atoms with Crippen molar-refractivity contribution >= 4 is 33.6 Å². The number of rotatable bonds is 4. The maximum atomic E-state index is 12.2. The van der Waals surface area contributed by atoms with Gasteiger partial charge in [0.2, 0.25) is 0 Å². The highest BCUT2D eigenvalue weighted by Crippen LogP contribution is 2.29. The zero-order valence-corrected chi connectivity index (χ0v) is 16.0. The molecule has 1 atom stereocenters. The topological polar surface area (TPSA) is 93.4 Å². The van der Waals surface area contributed by atoms with Crippen LogP contribution in [0, 0.1) is 13.8 Å². The molecule has 0 aliphatic carbocycles. The number of carbonyl (C=O) groups is 1. The van der Waals surface area contributed by atoms with E-state index in [2.05, 4.69) is 15.6 Å². The molecule has 3 rings (SSSR count). The predicted molar refractivity (Wildman–Crippen MR) is 101 cm³/mol. The van der Waals surface area contributed by atoms with E-state index in [1.807, 2.05) is 19.1 Å². The van der Waals surface area contributed by atoms with Gasteiger partial charge in [-0.25, -0.2) is 18.5 Å². The Kier molecular flexibility index (Phi) is 5.15. The fourth-order valence-electron chi connectivity index (χ4n) is 2.93. The van der Waals surface area contributed by atoms with Gasteiger partial charge in [-0.2, -0.15) is 10.2 Å². The molecule has 1 aliphatic heterocycles. The number of benzene rings is 1. The van der Waals surface area contributed by atoms with Crippen LogP contribution in [-0.4, -0.2) is 41.8 Å². The Balaban J connectivity index is 1.75. The van der Waals surface area contributed by atoms with Crippen molar-refractivity contribution in [3.8, 4) is 0 Å². The van der Waals surface area contributed by atoms with Crippen LogP contribution in [0.4, 0.5) is 0 Å². The number of sulfone groups is 1. The fourth-order valence-corrected chi connectivity index (χ4v) is 4.99. The number of hydrogen-bond acceptors (Lipinski definition) is 5. The molecule has 0 unspecified atom stereocenters. The van der Waals surface area contributed by atoms with Crippen LogP contribution in [0.5, 0.6) is 0 Å². The largest absolute Gasteiger partial charge is 0.271 e. The Morgan fingerprint density at radius 1 is 1.38 bits per heavy atom. The molecule has 2 heterocycles. The van der Waals surface area contributed by atoms with Crippen LogP contribution >= 0.6 is 11.6 Å². The first-order chi connectivity index (χ1) is 12.3. The lowest BCUT2D eigenvalue weighted by Gasteiger charge is -2.09. The Morgan fingerprint density at radius 3 is 2.77 bits per heavy atom. The molecule has 1 fully saturated rings. The second-order valence-electron chi connectivity index (χ2n) is 6.31. The number of aromatic nitrogens is 2.